The molecule has 0 atom stereocenters. The van der Waals surface area contributed by atoms with Gasteiger partial charge < -0.3 is 5.32 Å². The maximum Gasteiger partial charge on any atom is 0.0239 e. The number of hydrogen-bond acceptors (Lipinski definition) is 2. The molecule has 1 aromatic carbocycles. The summed E-state index contributed by atoms with van der Waals surface area (Å²) in [5.41, 5.74) is 7.38. The molecule has 2 heteroatoms. The molecule has 1 N–H and O–H groups in total. The summed E-state index contributed by atoms with van der Waals surface area (Å²) in [5.74, 6) is 0. The molecule has 0 spiro atoms. The van der Waals surface area contributed by atoms with Crippen LogP contribution in [0.3, 0.4) is 0 Å². The Kier molecular flexibility index (Phi) is 4.41. The van der Waals surface area contributed by atoms with Crippen LogP contribution >= 0.6 is 0 Å². The lowest BCUT2D eigenvalue weighted by molar-refractivity contribution is 0.283. The molecule has 1 fully saturated rings. The van der Waals surface area contributed by atoms with Crippen LogP contribution in [0.1, 0.15) is 34.2 Å². The Labute approximate surface area is 111 Å². The standard InChI is InChI=1S/C16H26N2/c1-12-10-13(2)15(4)16(14(12)3)11-18-8-5-6-17-7-9-18/h10,17H,5-9,11H2,1-4H3. The first-order chi connectivity index (χ1) is 8.59. The second-order valence-electron chi connectivity index (χ2n) is 5.62. The summed E-state index contributed by atoms with van der Waals surface area (Å²) in [6.07, 6.45) is 1.27. The van der Waals surface area contributed by atoms with E-state index in [1.807, 2.05) is 0 Å². The lowest BCUT2D eigenvalue weighted by atomic mass is 9.94. The van der Waals surface area contributed by atoms with E-state index in [1.54, 1.807) is 5.56 Å². The first kappa shape index (κ1) is 13.6. The van der Waals surface area contributed by atoms with Crippen LogP contribution in [0.25, 0.3) is 0 Å². The molecule has 18 heavy (non-hydrogen) atoms. The van der Waals surface area contributed by atoms with Crippen molar-refractivity contribution in [3.63, 3.8) is 0 Å². The van der Waals surface area contributed by atoms with E-state index in [1.165, 1.54) is 48.3 Å². The molecule has 0 radical (unpaired) electrons. The summed E-state index contributed by atoms with van der Waals surface area (Å²) in [6, 6.07) is 2.32. The number of benzene rings is 1. The third-order valence-corrected chi connectivity index (χ3v) is 4.34. The van der Waals surface area contributed by atoms with E-state index >= 15 is 0 Å². The second-order valence-corrected chi connectivity index (χ2v) is 5.62. The molecule has 1 aliphatic heterocycles. The number of aryl methyl sites for hydroxylation is 2. The van der Waals surface area contributed by atoms with Crippen molar-refractivity contribution in [2.45, 2.75) is 40.7 Å². The van der Waals surface area contributed by atoms with Gasteiger partial charge in [-0.15, -0.1) is 0 Å². The maximum atomic E-state index is 3.47. The van der Waals surface area contributed by atoms with Gasteiger partial charge in [0, 0.05) is 19.6 Å². The molecular weight excluding hydrogens is 220 g/mol. The van der Waals surface area contributed by atoms with Crippen LogP contribution < -0.4 is 5.32 Å². The van der Waals surface area contributed by atoms with E-state index in [2.05, 4.69) is 44.0 Å². The van der Waals surface area contributed by atoms with Crippen molar-refractivity contribution >= 4 is 0 Å². The predicted molar refractivity (Wildman–Crippen MR) is 78.2 cm³/mol. The van der Waals surface area contributed by atoms with Gasteiger partial charge in [-0.2, -0.15) is 0 Å². The van der Waals surface area contributed by atoms with Gasteiger partial charge in [0.25, 0.3) is 0 Å². The van der Waals surface area contributed by atoms with Crippen LogP contribution in [-0.2, 0) is 6.54 Å². The van der Waals surface area contributed by atoms with Crippen molar-refractivity contribution in [1.29, 1.82) is 0 Å². The van der Waals surface area contributed by atoms with Gasteiger partial charge in [0.15, 0.2) is 0 Å². The van der Waals surface area contributed by atoms with E-state index in [9.17, 15) is 0 Å². The number of hydrogen-bond donors (Lipinski definition) is 1. The molecular formula is C16H26N2. The van der Waals surface area contributed by atoms with Gasteiger partial charge in [0.2, 0.25) is 0 Å². The lowest BCUT2D eigenvalue weighted by Crippen LogP contribution is -2.28. The molecule has 0 saturated carbocycles. The smallest absolute Gasteiger partial charge is 0.0239 e. The molecule has 100 valence electrons. The fraction of sp³-hybridized carbons (Fsp3) is 0.625. The summed E-state index contributed by atoms with van der Waals surface area (Å²) >= 11 is 0. The fourth-order valence-corrected chi connectivity index (χ4v) is 2.82. The molecule has 2 nitrogen and oxygen atoms in total. The lowest BCUT2D eigenvalue weighted by Gasteiger charge is -2.23. The van der Waals surface area contributed by atoms with E-state index in [0.717, 1.165) is 13.1 Å². The molecule has 1 saturated heterocycles. The van der Waals surface area contributed by atoms with E-state index in [4.69, 9.17) is 0 Å². The second kappa shape index (κ2) is 5.85. The molecule has 0 bridgehead atoms. The van der Waals surface area contributed by atoms with Crippen LogP contribution in [0.15, 0.2) is 6.07 Å². The molecule has 0 aromatic heterocycles. The van der Waals surface area contributed by atoms with Crippen molar-refractivity contribution in [2.24, 2.45) is 0 Å². The van der Waals surface area contributed by atoms with Crippen molar-refractivity contribution in [3.05, 3.63) is 33.9 Å². The van der Waals surface area contributed by atoms with E-state index in [-0.39, 0.29) is 0 Å². The maximum absolute atomic E-state index is 3.47. The van der Waals surface area contributed by atoms with Crippen molar-refractivity contribution in [3.8, 4) is 0 Å². The Morgan fingerprint density at radius 2 is 1.67 bits per heavy atom. The quantitative estimate of drug-likeness (QED) is 0.863. The highest BCUT2D eigenvalue weighted by molar-refractivity contribution is 5.43. The van der Waals surface area contributed by atoms with E-state index in [0.29, 0.717) is 0 Å². The van der Waals surface area contributed by atoms with Gasteiger partial charge in [-0.3, -0.25) is 4.90 Å². The molecule has 0 aliphatic carbocycles. The van der Waals surface area contributed by atoms with E-state index < -0.39 is 0 Å². The average Bonchev–Trinajstić information content (AvgIpc) is 2.61. The predicted octanol–water partition coefficient (Wildman–Crippen LogP) is 2.72. The molecule has 1 aliphatic rings. The molecule has 2 rings (SSSR count). The Morgan fingerprint density at radius 1 is 1.00 bits per heavy atom. The van der Waals surface area contributed by atoms with Crippen LogP contribution in [0.5, 0.6) is 0 Å². The summed E-state index contributed by atoms with van der Waals surface area (Å²) in [5, 5.41) is 3.47. The highest BCUT2D eigenvalue weighted by Crippen LogP contribution is 2.23. The summed E-state index contributed by atoms with van der Waals surface area (Å²) in [4.78, 5) is 2.59. The minimum absolute atomic E-state index is 1.11. The average molecular weight is 246 g/mol. The van der Waals surface area contributed by atoms with Gasteiger partial charge in [-0.25, -0.2) is 0 Å². The first-order valence-corrected chi connectivity index (χ1v) is 7.09. The van der Waals surface area contributed by atoms with Gasteiger partial charge in [0.05, 0.1) is 0 Å². The van der Waals surface area contributed by atoms with Crippen LogP contribution in [-0.4, -0.2) is 31.1 Å². The number of nitrogens with zero attached hydrogens (tertiary/aromatic N) is 1. The molecule has 0 amide bonds. The number of rotatable bonds is 2. The van der Waals surface area contributed by atoms with Gasteiger partial charge >= 0.3 is 0 Å². The zero-order chi connectivity index (χ0) is 13.1. The van der Waals surface area contributed by atoms with Gasteiger partial charge in [-0.1, -0.05) is 6.07 Å². The summed E-state index contributed by atoms with van der Waals surface area (Å²) in [6.45, 7) is 14.8. The topological polar surface area (TPSA) is 15.3 Å². The largest absolute Gasteiger partial charge is 0.315 e. The Bertz CT molecular complexity index is 389. The Hall–Kier alpha value is -0.860. The molecule has 0 unspecified atom stereocenters. The van der Waals surface area contributed by atoms with Crippen molar-refractivity contribution < 1.29 is 0 Å². The van der Waals surface area contributed by atoms with Crippen molar-refractivity contribution in [1.82, 2.24) is 10.2 Å². The van der Waals surface area contributed by atoms with Crippen molar-refractivity contribution in [2.75, 3.05) is 26.2 Å². The summed E-state index contributed by atoms with van der Waals surface area (Å²) in [7, 11) is 0. The first-order valence-electron chi connectivity index (χ1n) is 7.09. The van der Waals surface area contributed by atoms with Crippen LogP contribution in [0, 0.1) is 27.7 Å². The zero-order valence-electron chi connectivity index (χ0n) is 12.3. The Morgan fingerprint density at radius 3 is 2.33 bits per heavy atom. The number of nitrogens with one attached hydrogen (secondary N) is 1. The fourth-order valence-electron chi connectivity index (χ4n) is 2.82. The third-order valence-electron chi connectivity index (χ3n) is 4.34. The Balaban J connectivity index is 2.22. The third kappa shape index (κ3) is 2.93. The monoisotopic (exact) mass is 246 g/mol. The summed E-state index contributed by atoms with van der Waals surface area (Å²) < 4.78 is 0. The highest BCUT2D eigenvalue weighted by Gasteiger charge is 2.14. The zero-order valence-corrected chi connectivity index (χ0v) is 12.3. The SMILES string of the molecule is Cc1cc(C)c(C)c(CN2CCCNCC2)c1C. The van der Waals surface area contributed by atoms with Crippen LogP contribution in [0.2, 0.25) is 0 Å². The highest BCUT2D eigenvalue weighted by atomic mass is 15.1. The van der Waals surface area contributed by atoms with Crippen LogP contribution in [0.4, 0.5) is 0 Å². The minimum Gasteiger partial charge on any atom is -0.315 e. The minimum atomic E-state index is 1.11. The normalized spacial score (nSPS) is 17.8. The molecule has 1 aromatic rings. The molecule has 1 heterocycles. The van der Waals surface area contributed by atoms with Gasteiger partial charge in [-0.05, 0) is 75.0 Å². The van der Waals surface area contributed by atoms with Gasteiger partial charge in [0.1, 0.15) is 0 Å².